The number of hydrogen-bond donors (Lipinski definition) is 0. The molecule has 2 unspecified atom stereocenters. The number of benzene rings is 1. The Balaban J connectivity index is 2.02. The van der Waals surface area contributed by atoms with E-state index in [0.29, 0.717) is 12.7 Å². The minimum atomic E-state index is -0.0156. The van der Waals surface area contributed by atoms with Crippen LogP contribution in [0.15, 0.2) is 22.7 Å². The highest BCUT2D eigenvalue weighted by Crippen LogP contribution is 2.35. The van der Waals surface area contributed by atoms with Gasteiger partial charge in [0.1, 0.15) is 5.75 Å². The summed E-state index contributed by atoms with van der Waals surface area (Å²) in [7, 11) is 0. The molecule has 1 aromatic rings. The molecule has 1 aliphatic heterocycles. The second kappa shape index (κ2) is 6.78. The zero-order valence-electron chi connectivity index (χ0n) is 10.5. The monoisotopic (exact) mass is 332 g/mol. The van der Waals surface area contributed by atoms with Crippen LogP contribution in [0.4, 0.5) is 0 Å². The van der Waals surface area contributed by atoms with Crippen LogP contribution in [0.5, 0.6) is 5.75 Å². The zero-order valence-corrected chi connectivity index (χ0v) is 12.8. The fourth-order valence-corrected chi connectivity index (χ4v) is 3.36. The van der Waals surface area contributed by atoms with Crippen molar-refractivity contribution in [1.82, 2.24) is 0 Å². The maximum Gasteiger partial charge on any atom is 0.120 e. The van der Waals surface area contributed by atoms with E-state index in [0.717, 1.165) is 41.7 Å². The molecule has 1 heterocycles. The van der Waals surface area contributed by atoms with Gasteiger partial charge in [0.2, 0.25) is 0 Å². The molecule has 4 heteroatoms. The lowest BCUT2D eigenvalue weighted by molar-refractivity contribution is 0.103. The SMILES string of the molecule is CCOc1ccc(C(Cl)CC2CCCO2)c(Br)c1. The molecular formula is C14H18BrClO2. The van der Waals surface area contributed by atoms with Gasteiger partial charge >= 0.3 is 0 Å². The van der Waals surface area contributed by atoms with E-state index in [1.165, 1.54) is 0 Å². The van der Waals surface area contributed by atoms with Crippen molar-refractivity contribution >= 4 is 27.5 Å². The molecule has 0 bridgehead atoms. The van der Waals surface area contributed by atoms with Crippen molar-refractivity contribution in [3.05, 3.63) is 28.2 Å². The lowest BCUT2D eigenvalue weighted by Gasteiger charge is -2.16. The van der Waals surface area contributed by atoms with Crippen molar-refractivity contribution in [2.75, 3.05) is 13.2 Å². The van der Waals surface area contributed by atoms with Gasteiger partial charge in [0.05, 0.1) is 18.1 Å². The van der Waals surface area contributed by atoms with Crippen LogP contribution in [-0.2, 0) is 4.74 Å². The van der Waals surface area contributed by atoms with Crippen molar-refractivity contribution in [2.24, 2.45) is 0 Å². The largest absolute Gasteiger partial charge is 0.494 e. The van der Waals surface area contributed by atoms with E-state index in [1.54, 1.807) is 0 Å². The van der Waals surface area contributed by atoms with Gasteiger partial charge in [-0.25, -0.2) is 0 Å². The zero-order chi connectivity index (χ0) is 13.0. The maximum absolute atomic E-state index is 6.47. The molecule has 18 heavy (non-hydrogen) atoms. The first-order valence-electron chi connectivity index (χ1n) is 6.38. The molecule has 1 aliphatic rings. The van der Waals surface area contributed by atoms with Gasteiger partial charge in [-0.3, -0.25) is 0 Å². The van der Waals surface area contributed by atoms with Crippen LogP contribution in [0.1, 0.15) is 37.1 Å². The molecule has 0 aromatic heterocycles. The summed E-state index contributed by atoms with van der Waals surface area (Å²) in [5.41, 5.74) is 1.11. The Morgan fingerprint density at radius 1 is 1.56 bits per heavy atom. The summed E-state index contributed by atoms with van der Waals surface area (Å²) in [5, 5.41) is -0.0156. The van der Waals surface area contributed by atoms with E-state index in [-0.39, 0.29) is 5.38 Å². The van der Waals surface area contributed by atoms with Crippen molar-refractivity contribution in [2.45, 2.75) is 37.7 Å². The number of rotatable bonds is 5. The van der Waals surface area contributed by atoms with E-state index < -0.39 is 0 Å². The van der Waals surface area contributed by atoms with Gasteiger partial charge in [0.25, 0.3) is 0 Å². The normalized spacial score (nSPS) is 20.9. The lowest BCUT2D eigenvalue weighted by Crippen LogP contribution is -2.08. The second-order valence-electron chi connectivity index (χ2n) is 4.45. The Morgan fingerprint density at radius 2 is 2.39 bits per heavy atom. The summed E-state index contributed by atoms with van der Waals surface area (Å²) in [6, 6.07) is 5.97. The maximum atomic E-state index is 6.47. The van der Waals surface area contributed by atoms with Gasteiger partial charge in [0.15, 0.2) is 0 Å². The van der Waals surface area contributed by atoms with Crippen molar-refractivity contribution < 1.29 is 9.47 Å². The molecule has 0 saturated carbocycles. The predicted octanol–water partition coefficient (Wildman–Crippen LogP) is 4.70. The number of halogens is 2. The minimum Gasteiger partial charge on any atom is -0.494 e. The smallest absolute Gasteiger partial charge is 0.120 e. The summed E-state index contributed by atoms with van der Waals surface area (Å²) in [4.78, 5) is 0. The van der Waals surface area contributed by atoms with E-state index in [4.69, 9.17) is 21.1 Å². The van der Waals surface area contributed by atoms with Crippen LogP contribution in [0.2, 0.25) is 0 Å². The molecule has 1 saturated heterocycles. The highest BCUT2D eigenvalue weighted by molar-refractivity contribution is 9.10. The highest BCUT2D eigenvalue weighted by atomic mass is 79.9. The predicted molar refractivity (Wildman–Crippen MR) is 77.5 cm³/mol. The quantitative estimate of drug-likeness (QED) is 0.727. The van der Waals surface area contributed by atoms with Gasteiger partial charge in [-0.1, -0.05) is 22.0 Å². The third kappa shape index (κ3) is 3.62. The first-order valence-corrected chi connectivity index (χ1v) is 7.61. The average molecular weight is 334 g/mol. The molecule has 100 valence electrons. The van der Waals surface area contributed by atoms with E-state index in [1.807, 2.05) is 25.1 Å². The molecule has 0 spiro atoms. The Bertz CT molecular complexity index is 391. The number of ether oxygens (including phenoxy) is 2. The second-order valence-corrected chi connectivity index (χ2v) is 5.84. The molecule has 1 fully saturated rings. The minimum absolute atomic E-state index is 0.0156. The van der Waals surface area contributed by atoms with Gasteiger partial charge in [-0.2, -0.15) is 0 Å². The molecule has 2 rings (SSSR count). The molecule has 0 radical (unpaired) electrons. The summed E-state index contributed by atoms with van der Waals surface area (Å²) < 4.78 is 12.1. The van der Waals surface area contributed by atoms with Gasteiger partial charge in [-0.15, -0.1) is 11.6 Å². The van der Waals surface area contributed by atoms with Gasteiger partial charge in [0, 0.05) is 11.1 Å². The van der Waals surface area contributed by atoms with Crippen LogP contribution < -0.4 is 4.74 Å². The van der Waals surface area contributed by atoms with Crippen LogP contribution >= 0.6 is 27.5 Å². The molecule has 0 N–H and O–H groups in total. The summed E-state index contributed by atoms with van der Waals surface area (Å²) in [5.74, 6) is 0.870. The van der Waals surface area contributed by atoms with Crippen LogP contribution in [0.3, 0.4) is 0 Å². The van der Waals surface area contributed by atoms with Crippen LogP contribution in [-0.4, -0.2) is 19.3 Å². The van der Waals surface area contributed by atoms with Gasteiger partial charge in [-0.05, 0) is 43.9 Å². The van der Waals surface area contributed by atoms with E-state index >= 15 is 0 Å². The Hall–Kier alpha value is -0.250. The highest BCUT2D eigenvalue weighted by Gasteiger charge is 2.21. The third-order valence-electron chi connectivity index (χ3n) is 3.11. The van der Waals surface area contributed by atoms with Crippen LogP contribution in [0.25, 0.3) is 0 Å². The molecule has 0 aliphatic carbocycles. The Kier molecular flexibility index (Phi) is 5.34. The van der Waals surface area contributed by atoms with Gasteiger partial charge < -0.3 is 9.47 Å². The van der Waals surface area contributed by atoms with Crippen molar-refractivity contribution in [3.63, 3.8) is 0 Å². The average Bonchev–Trinajstić information content (AvgIpc) is 2.82. The van der Waals surface area contributed by atoms with E-state index in [2.05, 4.69) is 15.9 Å². The number of hydrogen-bond acceptors (Lipinski definition) is 2. The van der Waals surface area contributed by atoms with Crippen LogP contribution in [0, 0.1) is 0 Å². The fraction of sp³-hybridized carbons (Fsp3) is 0.571. The Labute approximate surface area is 122 Å². The van der Waals surface area contributed by atoms with Crippen molar-refractivity contribution in [3.8, 4) is 5.75 Å². The first kappa shape index (κ1) is 14.2. The topological polar surface area (TPSA) is 18.5 Å². The standard InChI is InChI=1S/C14H18BrClO2/c1-2-17-11-5-6-12(13(15)8-11)14(16)9-10-4-3-7-18-10/h5-6,8,10,14H,2-4,7,9H2,1H3. The number of alkyl halides is 1. The summed E-state index contributed by atoms with van der Waals surface area (Å²) >= 11 is 10.0. The summed E-state index contributed by atoms with van der Waals surface area (Å²) in [6.45, 7) is 3.52. The molecule has 2 atom stereocenters. The van der Waals surface area contributed by atoms with Crippen molar-refractivity contribution in [1.29, 1.82) is 0 Å². The molecule has 0 amide bonds. The molecule has 2 nitrogen and oxygen atoms in total. The molecule has 1 aromatic carbocycles. The molecular weight excluding hydrogens is 316 g/mol. The first-order chi connectivity index (χ1) is 8.70. The Morgan fingerprint density at radius 3 is 3.00 bits per heavy atom. The summed E-state index contributed by atoms with van der Waals surface area (Å²) in [6.07, 6.45) is 3.45. The third-order valence-corrected chi connectivity index (χ3v) is 4.21. The lowest BCUT2D eigenvalue weighted by atomic mass is 10.0. The van der Waals surface area contributed by atoms with E-state index in [9.17, 15) is 0 Å². The fourth-order valence-electron chi connectivity index (χ4n) is 2.21.